The Hall–Kier alpha value is -3.14. The van der Waals surface area contributed by atoms with Crippen LogP contribution in [-0.4, -0.2) is 76.6 Å². The number of hydrazine groups is 1. The van der Waals surface area contributed by atoms with E-state index in [4.69, 9.17) is 0 Å². The Labute approximate surface area is 212 Å². The average Bonchev–Trinajstić information content (AvgIpc) is 3.20. The first-order valence-electron chi connectivity index (χ1n) is 13.2. The topological polar surface area (TPSA) is 114 Å². The van der Waals surface area contributed by atoms with E-state index in [-0.39, 0.29) is 61.3 Å². The summed E-state index contributed by atoms with van der Waals surface area (Å²) in [5.74, 6) is -0.671. The van der Waals surface area contributed by atoms with Gasteiger partial charge in [0.25, 0.3) is 0 Å². The fraction of sp³-hybridized carbons (Fsp3) is 0.615. The second-order valence-corrected chi connectivity index (χ2v) is 9.98. The molecule has 3 N–H and O–H groups in total. The number of nitrogens with one attached hydrogen (secondary N) is 3. The summed E-state index contributed by atoms with van der Waals surface area (Å²) in [7, 11) is 0. The van der Waals surface area contributed by atoms with Crippen LogP contribution in [0.1, 0.15) is 57.9 Å². The van der Waals surface area contributed by atoms with Crippen molar-refractivity contribution in [1.29, 1.82) is 0 Å². The van der Waals surface area contributed by atoms with Crippen LogP contribution in [0.15, 0.2) is 30.3 Å². The highest BCUT2D eigenvalue weighted by Crippen LogP contribution is 2.38. The maximum atomic E-state index is 13.4. The summed E-state index contributed by atoms with van der Waals surface area (Å²) in [6.07, 6.45) is 4.41. The number of hydrogen-bond donors (Lipinski definition) is 3. The Kier molecular flexibility index (Phi) is 8.45. The molecule has 1 aromatic carbocycles. The molecule has 1 aliphatic carbocycles. The molecule has 5 amide bonds. The van der Waals surface area contributed by atoms with Gasteiger partial charge in [-0.25, -0.2) is 9.80 Å². The summed E-state index contributed by atoms with van der Waals surface area (Å²) in [6, 6.07) is 9.46. The van der Waals surface area contributed by atoms with Crippen molar-refractivity contribution in [2.45, 2.75) is 77.2 Å². The molecular formula is C26H38N6O4. The maximum Gasteiger partial charge on any atom is 0.337 e. The van der Waals surface area contributed by atoms with Crippen LogP contribution in [0.3, 0.4) is 0 Å². The van der Waals surface area contributed by atoms with Crippen molar-refractivity contribution in [3.63, 3.8) is 0 Å². The molecule has 3 fully saturated rings. The highest BCUT2D eigenvalue weighted by molar-refractivity contribution is 5.88. The SMILES string of the molecule is CCC(C)NC(=O)CCN1C(=O)C2CCCCC2N2C(=O)N(CC(=O)NCCc3ccccc3)NC12. The largest absolute Gasteiger partial charge is 0.354 e. The molecule has 36 heavy (non-hydrogen) atoms. The van der Waals surface area contributed by atoms with Crippen LogP contribution in [-0.2, 0) is 20.8 Å². The third-order valence-electron chi connectivity index (χ3n) is 7.45. The first-order chi connectivity index (χ1) is 17.4. The number of nitrogens with zero attached hydrogens (tertiary/aromatic N) is 3. The molecule has 2 heterocycles. The number of rotatable bonds is 10. The fourth-order valence-corrected chi connectivity index (χ4v) is 5.32. The second kappa shape index (κ2) is 11.7. The highest BCUT2D eigenvalue weighted by atomic mass is 16.2. The van der Waals surface area contributed by atoms with Gasteiger partial charge in [-0.3, -0.25) is 19.3 Å². The Morgan fingerprint density at radius 2 is 1.86 bits per heavy atom. The molecule has 4 atom stereocenters. The molecule has 2 saturated heterocycles. The number of fused-ring (bicyclic) bond motifs is 3. The second-order valence-electron chi connectivity index (χ2n) is 9.98. The van der Waals surface area contributed by atoms with Gasteiger partial charge in [-0.15, -0.1) is 0 Å². The van der Waals surface area contributed by atoms with Gasteiger partial charge in [-0.05, 0) is 38.2 Å². The summed E-state index contributed by atoms with van der Waals surface area (Å²) < 4.78 is 0. The van der Waals surface area contributed by atoms with Crippen LogP contribution in [0, 0.1) is 5.92 Å². The number of benzene rings is 1. The normalized spacial score (nSPS) is 24.3. The van der Waals surface area contributed by atoms with Crippen molar-refractivity contribution in [2.75, 3.05) is 19.6 Å². The fourth-order valence-electron chi connectivity index (χ4n) is 5.32. The molecule has 10 heteroatoms. The summed E-state index contributed by atoms with van der Waals surface area (Å²) in [4.78, 5) is 55.2. The molecule has 3 aliphatic rings. The minimum absolute atomic E-state index is 0.0215. The third kappa shape index (κ3) is 5.80. The van der Waals surface area contributed by atoms with Crippen molar-refractivity contribution in [3.8, 4) is 0 Å². The first kappa shape index (κ1) is 25.9. The van der Waals surface area contributed by atoms with Gasteiger partial charge in [-0.1, -0.05) is 50.1 Å². The van der Waals surface area contributed by atoms with Crippen molar-refractivity contribution in [3.05, 3.63) is 35.9 Å². The quantitative estimate of drug-likeness (QED) is 0.453. The van der Waals surface area contributed by atoms with Crippen LogP contribution in [0.5, 0.6) is 0 Å². The lowest BCUT2D eigenvalue weighted by atomic mass is 9.81. The molecule has 2 aliphatic heterocycles. The number of hydrogen-bond acceptors (Lipinski definition) is 5. The molecule has 0 spiro atoms. The van der Waals surface area contributed by atoms with E-state index in [0.717, 1.165) is 37.7 Å². The molecule has 4 rings (SSSR count). The number of urea groups is 1. The van der Waals surface area contributed by atoms with Crippen molar-refractivity contribution < 1.29 is 19.2 Å². The smallest absolute Gasteiger partial charge is 0.337 e. The van der Waals surface area contributed by atoms with Gasteiger partial charge in [0.05, 0.1) is 5.92 Å². The third-order valence-corrected chi connectivity index (χ3v) is 7.45. The minimum atomic E-state index is -0.683. The van der Waals surface area contributed by atoms with E-state index in [9.17, 15) is 19.2 Å². The van der Waals surface area contributed by atoms with Gasteiger partial charge >= 0.3 is 6.03 Å². The van der Waals surface area contributed by atoms with Gasteiger partial charge in [0.15, 0.2) is 6.29 Å². The zero-order valence-corrected chi connectivity index (χ0v) is 21.2. The van der Waals surface area contributed by atoms with Crippen molar-refractivity contribution in [1.82, 2.24) is 30.9 Å². The molecule has 4 unspecified atom stereocenters. The molecular weight excluding hydrogens is 460 g/mol. The molecule has 0 bridgehead atoms. The van der Waals surface area contributed by atoms with E-state index in [1.807, 2.05) is 44.2 Å². The Bertz CT molecular complexity index is 957. The summed E-state index contributed by atoms with van der Waals surface area (Å²) in [5, 5.41) is 7.11. The Balaban J connectivity index is 1.39. The Morgan fingerprint density at radius 3 is 2.61 bits per heavy atom. The molecule has 196 valence electrons. The van der Waals surface area contributed by atoms with E-state index >= 15 is 0 Å². The molecule has 1 saturated carbocycles. The predicted molar refractivity (Wildman–Crippen MR) is 134 cm³/mol. The summed E-state index contributed by atoms with van der Waals surface area (Å²) >= 11 is 0. The molecule has 0 aromatic heterocycles. The zero-order valence-electron chi connectivity index (χ0n) is 21.2. The van der Waals surface area contributed by atoms with Gasteiger partial charge in [-0.2, -0.15) is 5.43 Å². The van der Waals surface area contributed by atoms with Crippen LogP contribution >= 0.6 is 0 Å². The summed E-state index contributed by atoms with van der Waals surface area (Å²) in [6.45, 7) is 4.48. The van der Waals surface area contributed by atoms with E-state index < -0.39 is 6.29 Å². The number of carbonyl (C=O) groups excluding carboxylic acids is 4. The highest BCUT2D eigenvalue weighted by Gasteiger charge is 2.54. The predicted octanol–water partition coefficient (Wildman–Crippen LogP) is 1.58. The van der Waals surface area contributed by atoms with Crippen LogP contribution in [0.2, 0.25) is 0 Å². The van der Waals surface area contributed by atoms with Gasteiger partial charge in [0, 0.05) is 31.6 Å². The molecule has 0 radical (unpaired) electrons. The van der Waals surface area contributed by atoms with Crippen molar-refractivity contribution in [2.24, 2.45) is 5.92 Å². The minimum Gasteiger partial charge on any atom is -0.354 e. The standard InChI is InChI=1S/C26H38N6O4/c1-3-18(2)28-22(33)14-16-30-24(35)20-11-7-8-12-21(20)32-25(30)29-31(26(32)36)17-23(34)27-15-13-19-9-5-4-6-10-19/h4-6,9-10,18,20-21,25,29H,3,7-8,11-17H2,1-2H3,(H,27,34)(H,28,33). The molecule has 10 nitrogen and oxygen atoms in total. The lowest BCUT2D eigenvalue weighted by molar-refractivity contribution is -0.156. The van der Waals surface area contributed by atoms with Gasteiger partial charge < -0.3 is 15.5 Å². The Morgan fingerprint density at radius 1 is 1.11 bits per heavy atom. The lowest BCUT2D eigenvalue weighted by Gasteiger charge is -2.48. The van der Waals surface area contributed by atoms with Crippen LogP contribution in [0.25, 0.3) is 0 Å². The first-order valence-corrected chi connectivity index (χ1v) is 13.2. The van der Waals surface area contributed by atoms with Gasteiger partial charge in [0.1, 0.15) is 6.54 Å². The molecule has 1 aromatic rings. The van der Waals surface area contributed by atoms with Gasteiger partial charge in [0.2, 0.25) is 17.7 Å². The number of carbonyl (C=O) groups is 4. The van der Waals surface area contributed by atoms with E-state index in [1.54, 1.807) is 9.80 Å². The maximum absolute atomic E-state index is 13.4. The number of amides is 5. The monoisotopic (exact) mass is 498 g/mol. The van der Waals surface area contributed by atoms with Crippen LogP contribution in [0.4, 0.5) is 4.79 Å². The summed E-state index contributed by atoms with van der Waals surface area (Å²) in [5.41, 5.74) is 4.22. The van der Waals surface area contributed by atoms with E-state index in [2.05, 4.69) is 16.1 Å². The van der Waals surface area contributed by atoms with Crippen LogP contribution < -0.4 is 16.1 Å². The van der Waals surface area contributed by atoms with Crippen molar-refractivity contribution >= 4 is 23.8 Å². The van der Waals surface area contributed by atoms with E-state index in [1.165, 1.54) is 5.01 Å². The average molecular weight is 499 g/mol. The van der Waals surface area contributed by atoms with E-state index in [0.29, 0.717) is 13.0 Å². The lowest BCUT2D eigenvalue weighted by Crippen LogP contribution is -2.66. The zero-order chi connectivity index (χ0) is 25.7.